The topological polar surface area (TPSA) is 67.4 Å². The zero-order valence-electron chi connectivity index (χ0n) is 12.6. The van der Waals surface area contributed by atoms with Crippen molar-refractivity contribution in [1.29, 1.82) is 0 Å². The molecule has 2 rings (SSSR count). The molecule has 2 aromatic carbocycles. The third-order valence-corrected chi connectivity index (χ3v) is 3.35. The van der Waals surface area contributed by atoms with Gasteiger partial charge >= 0.3 is 0 Å². The molecule has 5 nitrogen and oxygen atoms in total. The first-order chi connectivity index (χ1) is 11.1. The molecule has 0 aliphatic heterocycles. The number of hydrogen-bond acceptors (Lipinski definition) is 3. The number of hydrazine groups is 1. The number of ether oxygens (including phenoxy) is 1. The Hall–Kier alpha value is -2.53. The van der Waals surface area contributed by atoms with Gasteiger partial charge in [-0.05, 0) is 48.4 Å². The molecule has 0 bridgehead atoms. The summed E-state index contributed by atoms with van der Waals surface area (Å²) in [6, 6.07) is 13.8. The molecule has 0 aromatic heterocycles. The smallest absolute Gasteiger partial charge is 0.276 e. The highest BCUT2D eigenvalue weighted by Crippen LogP contribution is 2.13. The van der Waals surface area contributed by atoms with Crippen molar-refractivity contribution in [2.75, 3.05) is 6.61 Å². The summed E-state index contributed by atoms with van der Waals surface area (Å²) >= 11 is 5.75. The molecule has 2 amide bonds. The Balaban J connectivity index is 1.78. The fraction of sp³-hybridized carbons (Fsp3) is 0.176. The Bertz CT molecular complexity index is 686. The standard InChI is InChI=1S/C17H17ClN2O3/c1-2-12-4-3-5-15(10-12)23-11-16(21)19-20-17(22)13-6-8-14(18)9-7-13/h3-10H,2,11H2,1H3,(H,19,21)(H,20,22). The van der Waals surface area contributed by atoms with Crippen LogP contribution in [-0.2, 0) is 11.2 Å². The van der Waals surface area contributed by atoms with E-state index in [9.17, 15) is 9.59 Å². The molecule has 0 spiro atoms. The highest BCUT2D eigenvalue weighted by Gasteiger charge is 2.08. The van der Waals surface area contributed by atoms with Crippen molar-refractivity contribution >= 4 is 23.4 Å². The van der Waals surface area contributed by atoms with Crippen LogP contribution in [0.25, 0.3) is 0 Å². The van der Waals surface area contributed by atoms with Crippen LogP contribution in [0.4, 0.5) is 0 Å². The predicted octanol–water partition coefficient (Wildman–Crippen LogP) is 2.74. The van der Waals surface area contributed by atoms with E-state index < -0.39 is 11.8 Å². The average Bonchev–Trinajstić information content (AvgIpc) is 2.58. The van der Waals surface area contributed by atoms with Crippen LogP contribution in [0, 0.1) is 0 Å². The number of carbonyl (C=O) groups is 2. The van der Waals surface area contributed by atoms with Crippen molar-refractivity contribution in [2.45, 2.75) is 13.3 Å². The van der Waals surface area contributed by atoms with Gasteiger partial charge < -0.3 is 4.74 Å². The summed E-state index contributed by atoms with van der Waals surface area (Å²) in [7, 11) is 0. The molecule has 0 atom stereocenters. The summed E-state index contributed by atoms with van der Waals surface area (Å²) in [4.78, 5) is 23.5. The maximum absolute atomic E-state index is 11.8. The van der Waals surface area contributed by atoms with E-state index in [2.05, 4.69) is 10.9 Å². The van der Waals surface area contributed by atoms with Crippen LogP contribution in [-0.4, -0.2) is 18.4 Å². The number of aryl methyl sites for hydroxylation is 1. The SMILES string of the molecule is CCc1cccc(OCC(=O)NNC(=O)c2ccc(Cl)cc2)c1. The summed E-state index contributed by atoms with van der Waals surface area (Å²) in [5.74, 6) is -0.263. The molecule has 0 aliphatic carbocycles. The quantitative estimate of drug-likeness (QED) is 0.827. The van der Waals surface area contributed by atoms with Crippen molar-refractivity contribution in [3.63, 3.8) is 0 Å². The second-order valence-electron chi connectivity index (χ2n) is 4.80. The lowest BCUT2D eigenvalue weighted by Crippen LogP contribution is -2.43. The molecule has 2 N–H and O–H groups in total. The van der Waals surface area contributed by atoms with E-state index in [1.54, 1.807) is 30.3 Å². The molecule has 6 heteroatoms. The van der Waals surface area contributed by atoms with E-state index in [-0.39, 0.29) is 6.61 Å². The molecule has 0 aliphatic rings. The predicted molar refractivity (Wildman–Crippen MR) is 88.4 cm³/mol. The number of rotatable bonds is 5. The third kappa shape index (κ3) is 5.30. The molecule has 0 saturated carbocycles. The number of nitrogens with one attached hydrogen (secondary N) is 2. The van der Waals surface area contributed by atoms with E-state index in [4.69, 9.17) is 16.3 Å². The van der Waals surface area contributed by atoms with Crippen LogP contribution >= 0.6 is 11.6 Å². The average molecular weight is 333 g/mol. The van der Waals surface area contributed by atoms with Gasteiger partial charge in [0.25, 0.3) is 11.8 Å². The monoisotopic (exact) mass is 332 g/mol. The Kier molecular flexibility index (Phi) is 6.00. The minimum atomic E-state index is -0.450. The number of benzene rings is 2. The van der Waals surface area contributed by atoms with Gasteiger partial charge in [-0.2, -0.15) is 0 Å². The van der Waals surface area contributed by atoms with E-state index >= 15 is 0 Å². The summed E-state index contributed by atoms with van der Waals surface area (Å²) in [5, 5.41) is 0.535. The summed E-state index contributed by atoms with van der Waals surface area (Å²) in [6.45, 7) is 1.85. The lowest BCUT2D eigenvalue weighted by molar-refractivity contribution is -0.123. The van der Waals surface area contributed by atoms with Crippen molar-refractivity contribution in [3.8, 4) is 5.75 Å². The Morgan fingerprint density at radius 1 is 1.09 bits per heavy atom. The molecule has 0 heterocycles. The van der Waals surface area contributed by atoms with Gasteiger partial charge in [0, 0.05) is 10.6 Å². The minimum absolute atomic E-state index is 0.186. The van der Waals surface area contributed by atoms with Crippen LogP contribution < -0.4 is 15.6 Å². The van der Waals surface area contributed by atoms with Gasteiger partial charge in [0.05, 0.1) is 0 Å². The number of halogens is 1. The van der Waals surface area contributed by atoms with Gasteiger partial charge in [0.15, 0.2) is 6.61 Å². The number of hydrogen-bond donors (Lipinski definition) is 2. The second kappa shape index (κ2) is 8.19. The first-order valence-electron chi connectivity index (χ1n) is 7.15. The molecule has 2 aromatic rings. The highest BCUT2D eigenvalue weighted by molar-refractivity contribution is 6.30. The van der Waals surface area contributed by atoms with Crippen LogP contribution in [0.5, 0.6) is 5.75 Å². The number of carbonyl (C=O) groups excluding carboxylic acids is 2. The van der Waals surface area contributed by atoms with Crippen LogP contribution in [0.1, 0.15) is 22.8 Å². The largest absolute Gasteiger partial charge is 0.484 e. The van der Waals surface area contributed by atoms with Gasteiger partial charge in [-0.15, -0.1) is 0 Å². The van der Waals surface area contributed by atoms with Gasteiger partial charge in [-0.1, -0.05) is 30.7 Å². The molecule has 0 saturated heterocycles. The normalized spacial score (nSPS) is 10.0. The van der Waals surface area contributed by atoms with Crippen molar-refractivity contribution in [2.24, 2.45) is 0 Å². The van der Waals surface area contributed by atoms with E-state index in [1.165, 1.54) is 0 Å². The Morgan fingerprint density at radius 3 is 2.52 bits per heavy atom. The van der Waals surface area contributed by atoms with Gasteiger partial charge in [-0.25, -0.2) is 0 Å². The van der Waals surface area contributed by atoms with Gasteiger partial charge in [0.2, 0.25) is 0 Å². The minimum Gasteiger partial charge on any atom is -0.484 e. The molecule has 0 fully saturated rings. The first kappa shape index (κ1) is 16.8. The van der Waals surface area contributed by atoms with E-state index in [0.717, 1.165) is 12.0 Å². The number of amides is 2. The first-order valence-corrected chi connectivity index (χ1v) is 7.52. The molecular weight excluding hydrogens is 316 g/mol. The van der Waals surface area contributed by atoms with Crippen LogP contribution in [0.15, 0.2) is 48.5 Å². The lowest BCUT2D eigenvalue weighted by atomic mass is 10.2. The molecule has 23 heavy (non-hydrogen) atoms. The second-order valence-corrected chi connectivity index (χ2v) is 5.24. The summed E-state index contributed by atoms with van der Waals surface area (Å²) in [5.41, 5.74) is 6.13. The van der Waals surface area contributed by atoms with Crippen molar-refractivity contribution in [1.82, 2.24) is 10.9 Å². The maximum atomic E-state index is 11.8. The third-order valence-electron chi connectivity index (χ3n) is 3.10. The zero-order chi connectivity index (χ0) is 16.7. The molecule has 120 valence electrons. The molecule has 0 unspecified atom stereocenters. The van der Waals surface area contributed by atoms with Crippen molar-refractivity contribution < 1.29 is 14.3 Å². The highest BCUT2D eigenvalue weighted by atomic mass is 35.5. The van der Waals surface area contributed by atoms with Gasteiger partial charge in [-0.3, -0.25) is 20.4 Å². The van der Waals surface area contributed by atoms with Crippen LogP contribution in [0.3, 0.4) is 0 Å². The summed E-state index contributed by atoms with van der Waals surface area (Å²) in [6.07, 6.45) is 0.889. The molecule has 0 radical (unpaired) electrons. The maximum Gasteiger partial charge on any atom is 0.276 e. The van der Waals surface area contributed by atoms with Crippen molar-refractivity contribution in [3.05, 3.63) is 64.7 Å². The fourth-order valence-electron chi connectivity index (χ4n) is 1.84. The zero-order valence-corrected chi connectivity index (χ0v) is 13.4. The fourth-order valence-corrected chi connectivity index (χ4v) is 1.97. The molecular formula is C17H17ClN2O3. The van der Waals surface area contributed by atoms with E-state index in [0.29, 0.717) is 16.3 Å². The lowest BCUT2D eigenvalue weighted by Gasteiger charge is -2.09. The Morgan fingerprint density at radius 2 is 1.83 bits per heavy atom. The Labute approximate surface area is 139 Å². The van der Waals surface area contributed by atoms with Crippen LogP contribution in [0.2, 0.25) is 5.02 Å². The van der Waals surface area contributed by atoms with Gasteiger partial charge in [0.1, 0.15) is 5.75 Å². The van der Waals surface area contributed by atoms with E-state index in [1.807, 2.05) is 25.1 Å². The summed E-state index contributed by atoms with van der Waals surface area (Å²) < 4.78 is 5.38.